The van der Waals surface area contributed by atoms with Crippen LogP contribution < -0.4 is 25.4 Å². The van der Waals surface area contributed by atoms with E-state index in [1.807, 2.05) is 55.5 Å². The van der Waals surface area contributed by atoms with Crippen molar-refractivity contribution in [3.05, 3.63) is 119 Å². The summed E-state index contributed by atoms with van der Waals surface area (Å²) in [4.78, 5) is 26.8. The Hall–Kier alpha value is -4.25. The Labute approximate surface area is 387 Å². The van der Waals surface area contributed by atoms with E-state index in [1.54, 1.807) is 24.3 Å². The highest BCUT2D eigenvalue weighted by molar-refractivity contribution is 9.08. The number of nitrogens with one attached hydrogen (secondary N) is 3. The van der Waals surface area contributed by atoms with Gasteiger partial charge in [-0.25, -0.2) is 0 Å². The van der Waals surface area contributed by atoms with E-state index in [-0.39, 0.29) is 49.0 Å². The van der Waals surface area contributed by atoms with Gasteiger partial charge in [0.1, 0.15) is 11.5 Å². The number of benzene rings is 4. The van der Waals surface area contributed by atoms with E-state index in [1.165, 1.54) is 24.3 Å². The van der Waals surface area contributed by atoms with Crippen LogP contribution in [0.2, 0.25) is 0 Å². The number of ether oxygens (including phenoxy) is 2. The van der Waals surface area contributed by atoms with Crippen molar-refractivity contribution in [3.8, 4) is 11.5 Å². The van der Waals surface area contributed by atoms with E-state index in [0.717, 1.165) is 104 Å². The molecule has 64 heavy (non-hydrogen) atoms. The Kier molecular flexibility index (Phi) is 21.0. The van der Waals surface area contributed by atoms with Gasteiger partial charge in [0.25, 0.3) is 0 Å². The van der Waals surface area contributed by atoms with E-state index in [9.17, 15) is 35.9 Å². The molecule has 3 N–H and O–H groups in total. The van der Waals surface area contributed by atoms with Crippen LogP contribution in [0, 0.1) is 0 Å². The van der Waals surface area contributed by atoms with Crippen molar-refractivity contribution in [3.63, 3.8) is 0 Å². The molecule has 2 fully saturated rings. The second kappa shape index (κ2) is 24.9. The summed E-state index contributed by atoms with van der Waals surface area (Å²) >= 11 is 6.97. The molecule has 8 nitrogen and oxygen atoms in total. The number of thiol groups is 1. The second-order valence-corrected chi connectivity index (χ2v) is 16.8. The van der Waals surface area contributed by atoms with Crippen LogP contribution in [0.5, 0.6) is 11.5 Å². The molecule has 0 unspecified atom stereocenters. The van der Waals surface area contributed by atoms with Gasteiger partial charge in [0.05, 0.1) is 0 Å². The normalized spacial score (nSPS) is 17.4. The lowest BCUT2D eigenvalue weighted by atomic mass is 9.83. The molecule has 4 aliphatic heterocycles. The first kappa shape index (κ1) is 54.1. The van der Waals surface area contributed by atoms with Crippen LogP contribution in [0.4, 0.5) is 37.7 Å². The Bertz CT molecular complexity index is 2040. The average Bonchev–Trinajstić information content (AvgIpc) is 3.46. The number of carbonyl (C=O) groups excluding carboxylic acids is 2. The minimum absolute atomic E-state index is 0. The van der Waals surface area contributed by atoms with Gasteiger partial charge in [-0.1, -0.05) is 86.2 Å². The zero-order chi connectivity index (χ0) is 44.8. The van der Waals surface area contributed by atoms with Crippen molar-refractivity contribution in [2.24, 2.45) is 0 Å². The van der Waals surface area contributed by atoms with Gasteiger partial charge in [-0.15, -0.1) is 26.3 Å². The fourth-order valence-electron chi connectivity index (χ4n) is 7.97. The van der Waals surface area contributed by atoms with E-state index < -0.39 is 12.7 Å². The van der Waals surface area contributed by atoms with Gasteiger partial charge in [0.2, 0.25) is 0 Å². The molecule has 0 saturated carbocycles. The maximum absolute atomic E-state index is 12.4. The molecule has 0 radical (unpaired) electrons. The molecule has 0 amide bonds. The van der Waals surface area contributed by atoms with Crippen molar-refractivity contribution in [1.29, 1.82) is 0 Å². The molecule has 4 heterocycles. The van der Waals surface area contributed by atoms with Crippen LogP contribution in [0.25, 0.3) is 0 Å². The van der Waals surface area contributed by atoms with Crippen LogP contribution in [-0.2, 0) is 11.9 Å². The lowest BCUT2D eigenvalue weighted by Crippen LogP contribution is -2.48. The Morgan fingerprint density at radius 3 is 1.42 bits per heavy atom. The summed E-state index contributed by atoms with van der Waals surface area (Å²) in [5, 5.41) is 11.3. The van der Waals surface area contributed by atoms with E-state index in [0.29, 0.717) is 24.7 Å². The Balaban J connectivity index is 0.000000265. The smallest absolute Gasteiger partial charge is 0.406 e. The lowest BCUT2D eigenvalue weighted by Gasteiger charge is -2.42. The fourth-order valence-corrected chi connectivity index (χ4v) is 8.35. The lowest BCUT2D eigenvalue weighted by molar-refractivity contribution is -0.275. The number of para-hydroxylation sites is 2. The molecule has 0 bridgehead atoms. The van der Waals surface area contributed by atoms with Crippen LogP contribution in [-0.4, -0.2) is 72.2 Å². The first-order valence-electron chi connectivity index (χ1n) is 20.6. The Morgan fingerprint density at radius 2 is 1.02 bits per heavy atom. The van der Waals surface area contributed by atoms with E-state index in [2.05, 4.69) is 58.9 Å². The Morgan fingerprint density at radius 1 is 0.625 bits per heavy atom. The summed E-state index contributed by atoms with van der Waals surface area (Å²) in [6.07, 6.45) is -2.24. The third-order valence-electron chi connectivity index (χ3n) is 11.2. The predicted molar refractivity (Wildman–Crippen MR) is 251 cm³/mol. The SMILES string of the molecule is C.C.CCS.FC(F)(F)Oc1ccc(CBr)cc1.O=C1CCC2(CCN(Cc3ccc(OC(F)(F)F)cc3)CC2)Nc2ccccc21.O=C1CCC2(CCNCC2)Nc2ccccc21. The minimum atomic E-state index is -4.67. The number of nitrogens with zero attached hydrogens (tertiary/aromatic N) is 1. The summed E-state index contributed by atoms with van der Waals surface area (Å²) in [5.74, 6) is 1.01. The molecular formula is C48H61BrF6N4O4S. The van der Waals surface area contributed by atoms with Gasteiger partial charge in [-0.3, -0.25) is 14.5 Å². The van der Waals surface area contributed by atoms with Crippen LogP contribution in [0.3, 0.4) is 0 Å². The van der Waals surface area contributed by atoms with Crippen molar-refractivity contribution in [2.45, 2.75) is 109 Å². The molecule has 352 valence electrons. The van der Waals surface area contributed by atoms with Gasteiger partial charge in [0.15, 0.2) is 11.6 Å². The van der Waals surface area contributed by atoms with E-state index in [4.69, 9.17) is 0 Å². The molecular weight excluding hydrogens is 923 g/mol. The molecule has 2 saturated heterocycles. The monoisotopic (exact) mass is 982 g/mol. The largest absolute Gasteiger partial charge is 0.573 e. The van der Waals surface area contributed by atoms with Gasteiger partial charge in [-0.05, 0) is 117 Å². The fraction of sp³-hybridized carbons (Fsp3) is 0.458. The number of anilines is 2. The molecule has 4 aromatic carbocycles. The first-order chi connectivity index (χ1) is 29.5. The summed E-state index contributed by atoms with van der Waals surface area (Å²) in [6.45, 7) is 6.49. The number of piperidine rings is 2. The van der Waals surface area contributed by atoms with Crippen molar-refractivity contribution in [2.75, 3.05) is 42.6 Å². The zero-order valence-corrected chi connectivity index (χ0v) is 37.0. The number of ketones is 2. The van der Waals surface area contributed by atoms with E-state index >= 15 is 0 Å². The topological polar surface area (TPSA) is 91.9 Å². The minimum Gasteiger partial charge on any atom is -0.406 e. The highest BCUT2D eigenvalue weighted by Gasteiger charge is 2.38. The number of rotatable bonds is 5. The van der Waals surface area contributed by atoms with Crippen LogP contribution in [0.15, 0.2) is 97.1 Å². The standard InChI is InChI=1S/C22H23F3N2O2.C14H18N2O.C8H6BrF3O.C2H6S.2CH4/c23-22(24,25)29-17-7-5-16(6-8-17)15-27-13-11-21(12-14-27)10-9-20(28)18-3-1-2-4-19(18)26-21;17-13-5-6-14(7-9-15-10-8-14)16-12-4-2-1-3-11(12)13;9-5-6-1-3-7(4-2-6)13-8(10,11)12;1-2-3;;/h1-8,26H,9-15H2;1-4,15-16H,5-10H2;1-4H,5H2;3H,2H2,1H3;2*1H4. The second-order valence-electron chi connectivity index (χ2n) is 15.6. The predicted octanol–water partition coefficient (Wildman–Crippen LogP) is 12.9. The van der Waals surface area contributed by atoms with Gasteiger partial charge in [-0.2, -0.15) is 12.6 Å². The molecule has 8 rings (SSSR count). The molecule has 2 spiro atoms. The number of alkyl halides is 7. The number of carbonyl (C=O) groups is 2. The number of hydrogen-bond donors (Lipinski definition) is 4. The third-order valence-corrected chi connectivity index (χ3v) is 11.8. The maximum Gasteiger partial charge on any atom is 0.573 e. The van der Waals surface area contributed by atoms with Crippen molar-refractivity contribution >= 4 is 51.5 Å². The number of halogens is 7. The highest BCUT2D eigenvalue weighted by Crippen LogP contribution is 2.37. The number of Topliss-reactive ketones (excluding diaryl/α,β-unsaturated/α-hetero) is 2. The van der Waals surface area contributed by atoms with Crippen LogP contribution >= 0.6 is 28.6 Å². The third kappa shape index (κ3) is 16.6. The summed E-state index contributed by atoms with van der Waals surface area (Å²) in [5.41, 5.74) is 5.48. The van der Waals surface area contributed by atoms with Crippen LogP contribution in [0.1, 0.15) is 105 Å². The highest BCUT2D eigenvalue weighted by atomic mass is 79.9. The molecule has 4 aromatic rings. The number of likely N-dealkylation sites (tertiary alicyclic amines) is 1. The maximum atomic E-state index is 12.4. The average molecular weight is 984 g/mol. The van der Waals surface area contributed by atoms with Crippen molar-refractivity contribution in [1.82, 2.24) is 10.2 Å². The quantitative estimate of drug-likeness (QED) is 0.0893. The van der Waals surface area contributed by atoms with Gasteiger partial charge < -0.3 is 25.4 Å². The zero-order valence-electron chi connectivity index (χ0n) is 34.5. The molecule has 16 heteroatoms. The molecule has 4 aliphatic rings. The first-order valence-corrected chi connectivity index (χ1v) is 22.4. The summed E-state index contributed by atoms with van der Waals surface area (Å²) < 4.78 is 79.5. The number of fused-ring (bicyclic) bond motifs is 2. The molecule has 0 aromatic heterocycles. The molecule has 0 atom stereocenters. The summed E-state index contributed by atoms with van der Waals surface area (Å²) in [6, 6.07) is 27.3. The summed E-state index contributed by atoms with van der Waals surface area (Å²) in [7, 11) is 0. The van der Waals surface area contributed by atoms with Crippen molar-refractivity contribution < 1.29 is 45.4 Å². The molecule has 0 aliphatic carbocycles. The van der Waals surface area contributed by atoms with Gasteiger partial charge >= 0.3 is 12.7 Å². The van der Waals surface area contributed by atoms with Gasteiger partial charge in [0, 0.05) is 71.4 Å². The number of hydrogen-bond acceptors (Lipinski definition) is 9.